The molecule has 8 heteroatoms. The molecule has 3 aliphatic heterocycles. The predicted molar refractivity (Wildman–Crippen MR) is 117 cm³/mol. The van der Waals surface area contributed by atoms with Gasteiger partial charge in [-0.05, 0) is 43.6 Å². The van der Waals surface area contributed by atoms with E-state index < -0.39 is 28.1 Å². The van der Waals surface area contributed by atoms with Crippen LogP contribution in [0.3, 0.4) is 0 Å². The summed E-state index contributed by atoms with van der Waals surface area (Å²) in [4.78, 5) is 30.7. The van der Waals surface area contributed by atoms with Crippen molar-refractivity contribution in [2.45, 2.75) is 25.9 Å². The second-order valence-corrected chi connectivity index (χ2v) is 9.39. The predicted octanol–water partition coefficient (Wildman–Crippen LogP) is 2.05. The van der Waals surface area contributed by atoms with Gasteiger partial charge in [0.2, 0.25) is 11.8 Å². The standard InChI is InChI=1S/C25H25N5O3/c26-15-23-17-30(14-20-7-4-12-33-20)18-24(16-27,22(32)28-21(23)31)25(23)8-10-29(11-9-25)13-19-5-2-1-3-6-19/h1-7,12H,8-11,13-14,17-18H2,(H,28,31,32). The largest absolute Gasteiger partial charge is 0.468 e. The van der Waals surface area contributed by atoms with E-state index in [2.05, 4.69) is 34.5 Å². The molecule has 168 valence electrons. The van der Waals surface area contributed by atoms with E-state index in [-0.39, 0.29) is 13.1 Å². The Bertz CT molecular complexity index is 1100. The minimum atomic E-state index is -1.49. The molecular weight excluding hydrogens is 418 g/mol. The molecule has 33 heavy (non-hydrogen) atoms. The van der Waals surface area contributed by atoms with Crippen molar-refractivity contribution in [3.8, 4) is 12.1 Å². The number of imide groups is 1. The maximum atomic E-state index is 13.3. The van der Waals surface area contributed by atoms with E-state index in [0.717, 1.165) is 6.54 Å². The molecule has 1 aromatic carbocycles. The second-order valence-electron chi connectivity index (χ2n) is 9.39. The highest BCUT2D eigenvalue weighted by Crippen LogP contribution is 2.63. The molecule has 1 spiro atoms. The van der Waals surface area contributed by atoms with Gasteiger partial charge in [-0.1, -0.05) is 30.3 Å². The molecule has 1 N–H and O–H groups in total. The highest BCUT2D eigenvalue weighted by atomic mass is 16.3. The smallest absolute Gasteiger partial charge is 0.249 e. The Balaban J connectivity index is 1.50. The van der Waals surface area contributed by atoms with E-state index in [0.29, 0.717) is 38.2 Å². The molecule has 2 unspecified atom stereocenters. The number of carbonyl (C=O) groups is 2. The van der Waals surface area contributed by atoms with Gasteiger partial charge in [0.15, 0.2) is 10.8 Å². The van der Waals surface area contributed by atoms with Crippen LogP contribution in [0.25, 0.3) is 0 Å². The molecule has 4 heterocycles. The number of likely N-dealkylation sites (tertiary alicyclic amines) is 2. The molecule has 1 aromatic heterocycles. The van der Waals surface area contributed by atoms with Crippen molar-refractivity contribution in [3.63, 3.8) is 0 Å². The highest BCUT2D eigenvalue weighted by Gasteiger charge is 2.76. The monoisotopic (exact) mass is 443 g/mol. The highest BCUT2D eigenvalue weighted by molar-refractivity contribution is 6.08. The van der Waals surface area contributed by atoms with Gasteiger partial charge in [0.25, 0.3) is 0 Å². The molecule has 8 nitrogen and oxygen atoms in total. The van der Waals surface area contributed by atoms with Crippen LogP contribution < -0.4 is 5.32 Å². The average molecular weight is 444 g/mol. The lowest BCUT2D eigenvalue weighted by atomic mass is 9.43. The first-order valence-corrected chi connectivity index (χ1v) is 11.2. The van der Waals surface area contributed by atoms with Gasteiger partial charge in [0.05, 0.1) is 24.9 Å². The lowest BCUT2D eigenvalue weighted by molar-refractivity contribution is -0.189. The first-order chi connectivity index (χ1) is 16.0. The summed E-state index contributed by atoms with van der Waals surface area (Å²) in [6.45, 7) is 2.62. The van der Waals surface area contributed by atoms with Crippen LogP contribution in [0.4, 0.5) is 0 Å². The molecule has 0 saturated carbocycles. The summed E-state index contributed by atoms with van der Waals surface area (Å²) < 4.78 is 5.45. The summed E-state index contributed by atoms with van der Waals surface area (Å²) in [5, 5.41) is 23.2. The van der Waals surface area contributed by atoms with Gasteiger partial charge >= 0.3 is 0 Å². The van der Waals surface area contributed by atoms with Crippen LogP contribution in [0, 0.1) is 38.9 Å². The van der Waals surface area contributed by atoms with Gasteiger partial charge in [0.1, 0.15) is 5.76 Å². The number of hydrogen-bond acceptors (Lipinski definition) is 7. The molecule has 5 rings (SSSR count). The van der Waals surface area contributed by atoms with Crippen LogP contribution in [-0.4, -0.2) is 47.8 Å². The quantitative estimate of drug-likeness (QED) is 0.720. The fourth-order valence-electron chi connectivity index (χ4n) is 6.20. The summed E-state index contributed by atoms with van der Waals surface area (Å²) in [7, 11) is 0. The van der Waals surface area contributed by atoms with Gasteiger partial charge in [-0.25, -0.2) is 0 Å². The number of nitriles is 2. The normalized spacial score (nSPS) is 29.3. The molecule has 3 fully saturated rings. The van der Waals surface area contributed by atoms with Crippen LogP contribution in [-0.2, 0) is 22.7 Å². The van der Waals surface area contributed by atoms with E-state index in [1.807, 2.05) is 29.2 Å². The molecule has 2 bridgehead atoms. The van der Waals surface area contributed by atoms with Crippen LogP contribution in [0.1, 0.15) is 24.2 Å². The third-order valence-electron chi connectivity index (χ3n) is 7.86. The van der Waals surface area contributed by atoms with Crippen LogP contribution >= 0.6 is 0 Å². The summed E-state index contributed by atoms with van der Waals surface area (Å²) in [5.74, 6) is -0.501. The Morgan fingerprint density at radius 1 is 0.879 bits per heavy atom. The van der Waals surface area contributed by atoms with Gasteiger partial charge in [-0.3, -0.25) is 24.7 Å². The topological polar surface area (TPSA) is 113 Å². The van der Waals surface area contributed by atoms with Crippen molar-refractivity contribution in [1.29, 1.82) is 10.5 Å². The molecule has 3 saturated heterocycles. The summed E-state index contributed by atoms with van der Waals surface area (Å²) >= 11 is 0. The number of piperidine rings is 3. The number of rotatable bonds is 4. The average Bonchev–Trinajstić information content (AvgIpc) is 3.34. The summed E-state index contributed by atoms with van der Waals surface area (Å²) in [6.07, 6.45) is 2.44. The van der Waals surface area contributed by atoms with E-state index in [4.69, 9.17) is 4.42 Å². The van der Waals surface area contributed by atoms with Crippen molar-refractivity contribution >= 4 is 11.8 Å². The third-order valence-corrected chi connectivity index (χ3v) is 7.86. The Morgan fingerprint density at radius 2 is 1.52 bits per heavy atom. The third kappa shape index (κ3) is 3.02. The number of carbonyl (C=O) groups excluding carboxylic acids is 2. The van der Waals surface area contributed by atoms with E-state index >= 15 is 0 Å². The zero-order chi connectivity index (χ0) is 23.1. The van der Waals surface area contributed by atoms with Crippen molar-refractivity contribution < 1.29 is 14.0 Å². The zero-order valence-electron chi connectivity index (χ0n) is 18.3. The lowest BCUT2D eigenvalue weighted by Gasteiger charge is -2.63. The molecule has 0 radical (unpaired) electrons. The fourth-order valence-corrected chi connectivity index (χ4v) is 6.20. The minimum Gasteiger partial charge on any atom is -0.468 e. The van der Waals surface area contributed by atoms with Crippen LogP contribution in [0.2, 0.25) is 0 Å². The second kappa shape index (κ2) is 7.84. The first-order valence-electron chi connectivity index (χ1n) is 11.2. The Kier molecular flexibility index (Phi) is 5.08. The Labute approximate surface area is 192 Å². The molecule has 2 aromatic rings. The first kappa shape index (κ1) is 21.4. The maximum Gasteiger partial charge on any atom is 0.249 e. The van der Waals surface area contributed by atoms with Gasteiger partial charge in [-0.15, -0.1) is 0 Å². The van der Waals surface area contributed by atoms with E-state index in [1.54, 1.807) is 12.3 Å². The van der Waals surface area contributed by atoms with Crippen molar-refractivity contribution in [3.05, 3.63) is 60.1 Å². The molecule has 0 aliphatic carbocycles. The zero-order valence-corrected chi connectivity index (χ0v) is 18.3. The number of furan rings is 1. The van der Waals surface area contributed by atoms with Crippen molar-refractivity contribution in [1.82, 2.24) is 15.1 Å². The number of nitrogens with zero attached hydrogens (tertiary/aromatic N) is 4. The minimum absolute atomic E-state index is 0.158. The maximum absolute atomic E-state index is 13.3. The summed E-state index contributed by atoms with van der Waals surface area (Å²) in [5.41, 5.74) is -2.82. The lowest BCUT2D eigenvalue weighted by Crippen LogP contribution is -2.78. The van der Waals surface area contributed by atoms with E-state index in [9.17, 15) is 20.1 Å². The van der Waals surface area contributed by atoms with Crippen LogP contribution in [0.15, 0.2) is 53.1 Å². The summed E-state index contributed by atoms with van der Waals surface area (Å²) in [6, 6.07) is 18.3. The molecular formula is C25H25N5O3. The Hall–Kier alpha value is -3.46. The SMILES string of the molecule is N#CC12CN(Cc3ccco3)CC(C#N)(C(=O)NC1=O)C21CCN(Cc2ccccc2)CC1. The molecule has 2 atom stereocenters. The van der Waals surface area contributed by atoms with Crippen molar-refractivity contribution in [2.75, 3.05) is 26.2 Å². The Morgan fingerprint density at radius 3 is 2.06 bits per heavy atom. The number of amides is 2. The number of hydrogen-bond donors (Lipinski definition) is 1. The van der Waals surface area contributed by atoms with Gasteiger partial charge in [-0.2, -0.15) is 10.5 Å². The number of nitrogens with one attached hydrogen (secondary N) is 1. The van der Waals surface area contributed by atoms with E-state index in [1.165, 1.54) is 5.56 Å². The van der Waals surface area contributed by atoms with Crippen LogP contribution in [0.5, 0.6) is 0 Å². The molecule has 3 aliphatic rings. The number of benzene rings is 1. The van der Waals surface area contributed by atoms with Gasteiger partial charge < -0.3 is 4.42 Å². The molecule has 2 amide bonds. The van der Waals surface area contributed by atoms with Gasteiger partial charge in [0, 0.05) is 25.0 Å². The fraction of sp³-hybridized carbons (Fsp3) is 0.440. The van der Waals surface area contributed by atoms with Crippen molar-refractivity contribution in [2.24, 2.45) is 16.2 Å².